The maximum absolute atomic E-state index is 11.4. The highest BCUT2D eigenvalue weighted by Crippen LogP contribution is 2.32. The van der Waals surface area contributed by atoms with Gasteiger partial charge >= 0.3 is 0 Å². The zero-order valence-corrected chi connectivity index (χ0v) is 14.6. The average molecular weight is 330 g/mol. The highest BCUT2D eigenvalue weighted by molar-refractivity contribution is 6.35. The maximum Gasteiger partial charge on any atom is 0.134 e. The average Bonchev–Trinajstić information content (AvgIpc) is 2.43. The number of Topliss-reactive ketones (excluding diaryl/α,β-unsaturated/α-hetero) is 1. The lowest BCUT2D eigenvalue weighted by Gasteiger charge is -2.21. The molecule has 0 bridgehead atoms. The second-order valence-corrected chi connectivity index (χ2v) is 7.33. The van der Waals surface area contributed by atoms with Crippen LogP contribution in [0.2, 0.25) is 5.02 Å². The van der Waals surface area contributed by atoms with Crippen LogP contribution in [0.1, 0.15) is 38.8 Å². The number of pyridine rings is 1. The van der Waals surface area contributed by atoms with Crippen molar-refractivity contribution in [2.24, 2.45) is 5.41 Å². The van der Waals surface area contributed by atoms with Gasteiger partial charge in [-0.15, -0.1) is 0 Å². The molecule has 4 nitrogen and oxygen atoms in total. The minimum atomic E-state index is 0.0586. The van der Waals surface area contributed by atoms with Crippen LogP contribution in [0.4, 0.5) is 5.69 Å². The molecular weight excluding hydrogens is 310 g/mol. The van der Waals surface area contributed by atoms with Crippen molar-refractivity contribution in [1.82, 2.24) is 4.98 Å². The number of aromatic nitrogens is 1. The van der Waals surface area contributed by atoms with Crippen molar-refractivity contribution in [1.29, 1.82) is 5.26 Å². The van der Waals surface area contributed by atoms with Crippen LogP contribution in [0, 0.1) is 16.7 Å². The van der Waals surface area contributed by atoms with Gasteiger partial charge in [0.25, 0.3) is 0 Å². The van der Waals surface area contributed by atoms with Crippen molar-refractivity contribution < 1.29 is 4.79 Å². The summed E-state index contributed by atoms with van der Waals surface area (Å²) in [5.74, 6) is 0.0639. The molecular formula is C18H20ClN3O. The summed E-state index contributed by atoms with van der Waals surface area (Å²) in [6, 6.07) is 5.82. The fraction of sp³-hybridized carbons (Fsp3) is 0.389. The Balaban J connectivity index is 2.62. The number of halogens is 1. The van der Waals surface area contributed by atoms with E-state index in [0.717, 1.165) is 16.6 Å². The summed E-state index contributed by atoms with van der Waals surface area (Å²) in [5.41, 5.74) is 2.71. The Morgan fingerprint density at radius 3 is 2.65 bits per heavy atom. The van der Waals surface area contributed by atoms with Gasteiger partial charge in [0.05, 0.1) is 21.8 Å². The Labute approximate surface area is 141 Å². The van der Waals surface area contributed by atoms with Crippen molar-refractivity contribution in [3.8, 4) is 6.07 Å². The van der Waals surface area contributed by atoms with Gasteiger partial charge in [0.1, 0.15) is 11.9 Å². The van der Waals surface area contributed by atoms with E-state index in [-0.39, 0.29) is 11.2 Å². The number of nitriles is 1. The Morgan fingerprint density at radius 1 is 1.39 bits per heavy atom. The van der Waals surface area contributed by atoms with E-state index in [4.69, 9.17) is 11.6 Å². The molecule has 5 heteroatoms. The molecule has 0 saturated heterocycles. The van der Waals surface area contributed by atoms with Crippen LogP contribution in [-0.4, -0.2) is 17.3 Å². The van der Waals surface area contributed by atoms with Crippen LogP contribution < -0.4 is 5.32 Å². The molecule has 0 unspecified atom stereocenters. The van der Waals surface area contributed by atoms with Gasteiger partial charge in [0.15, 0.2) is 0 Å². The normalized spacial score (nSPS) is 11.3. The fourth-order valence-electron chi connectivity index (χ4n) is 2.33. The first-order valence-electron chi connectivity index (χ1n) is 7.46. The summed E-state index contributed by atoms with van der Waals surface area (Å²) in [7, 11) is 0. The molecule has 0 amide bonds. The number of nitrogens with one attached hydrogen (secondary N) is 1. The largest absolute Gasteiger partial charge is 0.383 e. The number of rotatable bonds is 4. The van der Waals surface area contributed by atoms with E-state index >= 15 is 0 Å². The first-order valence-corrected chi connectivity index (χ1v) is 7.83. The molecule has 2 rings (SSSR count). The molecule has 0 saturated carbocycles. The Hall–Kier alpha value is -2.12. The Morgan fingerprint density at radius 2 is 2.09 bits per heavy atom. The van der Waals surface area contributed by atoms with E-state index < -0.39 is 0 Å². The van der Waals surface area contributed by atoms with E-state index in [1.54, 1.807) is 13.0 Å². The summed E-state index contributed by atoms with van der Waals surface area (Å²) in [4.78, 5) is 15.7. The van der Waals surface area contributed by atoms with Gasteiger partial charge in [-0.25, -0.2) is 0 Å². The molecule has 2 aromatic rings. The van der Waals surface area contributed by atoms with Gasteiger partial charge < -0.3 is 5.32 Å². The maximum atomic E-state index is 11.4. The number of hydrogen-bond donors (Lipinski definition) is 1. The summed E-state index contributed by atoms with van der Waals surface area (Å²) in [6.45, 7) is 8.59. The highest BCUT2D eigenvalue weighted by Gasteiger charge is 2.16. The standard InChI is InChI=1S/C18H20ClN3O/c1-11(23)5-12-6-14-16(22-10-18(2,3)4)13(8-20)9-21-17(14)15(19)7-12/h6-7,9H,5,10H2,1-4H3,(H,21,22). The molecule has 0 aliphatic rings. The molecule has 0 atom stereocenters. The molecule has 1 aromatic heterocycles. The topological polar surface area (TPSA) is 65.8 Å². The number of nitrogens with zero attached hydrogens (tertiary/aromatic N) is 2. The van der Waals surface area contributed by atoms with Crippen molar-refractivity contribution >= 4 is 34.0 Å². The van der Waals surface area contributed by atoms with Gasteiger partial charge in [-0.05, 0) is 30.0 Å². The third-order valence-corrected chi connectivity index (χ3v) is 3.64. The molecule has 0 aliphatic carbocycles. The van der Waals surface area contributed by atoms with Crippen LogP contribution in [0.3, 0.4) is 0 Å². The van der Waals surface area contributed by atoms with Crippen molar-refractivity contribution in [2.45, 2.75) is 34.1 Å². The molecule has 23 heavy (non-hydrogen) atoms. The lowest BCUT2D eigenvalue weighted by molar-refractivity contribution is -0.116. The molecule has 0 aliphatic heterocycles. The van der Waals surface area contributed by atoms with E-state index in [9.17, 15) is 10.1 Å². The van der Waals surface area contributed by atoms with Crippen molar-refractivity contribution in [3.05, 3.63) is 34.5 Å². The quantitative estimate of drug-likeness (QED) is 0.905. The SMILES string of the molecule is CC(=O)Cc1cc(Cl)c2ncc(C#N)c(NCC(C)(C)C)c2c1. The lowest BCUT2D eigenvalue weighted by atomic mass is 9.96. The van der Waals surface area contributed by atoms with Gasteiger partial charge in [-0.1, -0.05) is 32.4 Å². The van der Waals surface area contributed by atoms with E-state index in [1.165, 1.54) is 6.20 Å². The van der Waals surface area contributed by atoms with Crippen molar-refractivity contribution in [3.63, 3.8) is 0 Å². The number of hydrogen-bond acceptors (Lipinski definition) is 4. The molecule has 0 fully saturated rings. The van der Waals surface area contributed by atoms with Crippen molar-refractivity contribution in [2.75, 3.05) is 11.9 Å². The number of benzene rings is 1. The number of fused-ring (bicyclic) bond motifs is 1. The van der Waals surface area contributed by atoms with Crippen LogP contribution in [0.5, 0.6) is 0 Å². The summed E-state index contributed by atoms with van der Waals surface area (Å²) in [6.07, 6.45) is 1.84. The fourth-order valence-corrected chi connectivity index (χ4v) is 2.62. The summed E-state index contributed by atoms with van der Waals surface area (Å²) < 4.78 is 0. The number of carbonyl (C=O) groups is 1. The second-order valence-electron chi connectivity index (χ2n) is 6.93. The van der Waals surface area contributed by atoms with Crippen LogP contribution in [0.25, 0.3) is 10.9 Å². The van der Waals surface area contributed by atoms with Crippen LogP contribution in [0.15, 0.2) is 18.3 Å². The molecule has 120 valence electrons. The predicted molar refractivity (Wildman–Crippen MR) is 93.8 cm³/mol. The van der Waals surface area contributed by atoms with E-state index in [1.807, 2.05) is 6.07 Å². The summed E-state index contributed by atoms with van der Waals surface area (Å²) in [5, 5.41) is 14.0. The number of anilines is 1. The molecule has 0 radical (unpaired) electrons. The monoisotopic (exact) mass is 329 g/mol. The first-order chi connectivity index (χ1) is 10.7. The molecule has 1 aromatic carbocycles. The van der Waals surface area contributed by atoms with Crippen LogP contribution in [-0.2, 0) is 11.2 Å². The summed E-state index contributed by atoms with van der Waals surface area (Å²) >= 11 is 6.32. The first kappa shape index (κ1) is 17.2. The molecule has 1 heterocycles. The van der Waals surface area contributed by atoms with Gasteiger partial charge in [-0.3, -0.25) is 9.78 Å². The smallest absolute Gasteiger partial charge is 0.134 e. The number of carbonyl (C=O) groups excluding carboxylic acids is 1. The Bertz CT molecular complexity index is 800. The van der Waals surface area contributed by atoms with Gasteiger partial charge in [0.2, 0.25) is 0 Å². The third-order valence-electron chi connectivity index (χ3n) is 3.35. The van der Waals surface area contributed by atoms with E-state index in [2.05, 4.69) is 37.1 Å². The van der Waals surface area contributed by atoms with Gasteiger partial charge in [-0.2, -0.15) is 5.26 Å². The second kappa shape index (κ2) is 6.55. The molecule has 1 N–H and O–H groups in total. The molecule has 0 spiro atoms. The van der Waals surface area contributed by atoms with Crippen LogP contribution >= 0.6 is 11.6 Å². The Kier molecular flexibility index (Phi) is 4.91. The third kappa shape index (κ3) is 4.20. The zero-order valence-electron chi connectivity index (χ0n) is 13.8. The zero-order chi connectivity index (χ0) is 17.2. The van der Waals surface area contributed by atoms with Gasteiger partial charge in [0, 0.05) is 24.5 Å². The van der Waals surface area contributed by atoms with E-state index in [0.29, 0.717) is 29.1 Å². The highest BCUT2D eigenvalue weighted by atomic mass is 35.5. The number of ketones is 1. The predicted octanol–water partition coefficient (Wildman–Crippen LogP) is 4.35. The minimum absolute atomic E-state index is 0.0586. The lowest BCUT2D eigenvalue weighted by Crippen LogP contribution is -2.19. The minimum Gasteiger partial charge on any atom is -0.383 e.